The van der Waals surface area contributed by atoms with Crippen molar-refractivity contribution >= 4 is 29.2 Å². The largest absolute Gasteiger partial charge is 0.465 e. The number of esters is 1. The molecule has 0 radical (unpaired) electrons. The first-order chi connectivity index (χ1) is 9.24. The summed E-state index contributed by atoms with van der Waals surface area (Å²) in [6.07, 6.45) is -4.45. The monoisotopic (exact) mass is 329 g/mol. The molecule has 0 fully saturated rings. The quantitative estimate of drug-likeness (QED) is 0.836. The Kier molecular flexibility index (Phi) is 6.10. The summed E-state index contributed by atoms with van der Waals surface area (Å²) in [7, 11) is 0. The number of carbonyl (C=O) groups is 1. The number of hydrogen-bond acceptors (Lipinski definition) is 3. The molecular weight excluding hydrogens is 318 g/mol. The first-order valence-corrected chi connectivity index (χ1v) is 6.42. The van der Waals surface area contributed by atoms with Crippen LogP contribution in [-0.2, 0) is 9.53 Å². The van der Waals surface area contributed by atoms with Crippen LogP contribution in [0.25, 0.3) is 0 Å². The van der Waals surface area contributed by atoms with Crippen LogP contribution >= 0.6 is 23.2 Å². The van der Waals surface area contributed by atoms with Gasteiger partial charge in [-0.1, -0.05) is 29.3 Å². The van der Waals surface area contributed by atoms with Crippen LogP contribution in [0, 0.1) is 0 Å². The van der Waals surface area contributed by atoms with E-state index in [1.165, 1.54) is 18.2 Å². The number of hydrogen-bond donors (Lipinski definition) is 1. The number of ether oxygens (including phenoxy) is 1. The van der Waals surface area contributed by atoms with Crippen molar-refractivity contribution in [3.63, 3.8) is 0 Å². The van der Waals surface area contributed by atoms with E-state index in [4.69, 9.17) is 27.9 Å². The fourth-order valence-electron chi connectivity index (χ4n) is 1.50. The van der Waals surface area contributed by atoms with E-state index < -0.39 is 24.7 Å². The summed E-state index contributed by atoms with van der Waals surface area (Å²) < 4.78 is 41.6. The summed E-state index contributed by atoms with van der Waals surface area (Å²) in [5.41, 5.74) is 0.179. The Balaban J connectivity index is 3.00. The van der Waals surface area contributed by atoms with Gasteiger partial charge in [-0.15, -0.1) is 0 Å². The minimum atomic E-state index is -4.45. The van der Waals surface area contributed by atoms with Crippen LogP contribution in [0.3, 0.4) is 0 Å². The predicted molar refractivity (Wildman–Crippen MR) is 69.9 cm³/mol. The van der Waals surface area contributed by atoms with Crippen molar-refractivity contribution in [2.75, 3.05) is 13.2 Å². The lowest BCUT2D eigenvalue weighted by atomic mass is 10.1. The van der Waals surface area contributed by atoms with Gasteiger partial charge < -0.3 is 4.74 Å². The van der Waals surface area contributed by atoms with Gasteiger partial charge >= 0.3 is 12.1 Å². The second-order valence-electron chi connectivity index (χ2n) is 3.85. The highest BCUT2D eigenvalue weighted by Crippen LogP contribution is 2.28. The van der Waals surface area contributed by atoms with Crippen molar-refractivity contribution in [3.8, 4) is 0 Å². The maximum Gasteiger partial charge on any atom is 0.401 e. The molecule has 0 spiro atoms. The lowest BCUT2D eigenvalue weighted by molar-refractivity contribution is -0.149. The minimum absolute atomic E-state index is 0.0498. The SMILES string of the molecule is CCOC(=O)C(NCC(F)(F)F)c1ccc(Cl)cc1Cl. The zero-order valence-corrected chi connectivity index (χ0v) is 11.9. The van der Waals surface area contributed by atoms with Crippen molar-refractivity contribution in [1.29, 1.82) is 0 Å². The molecule has 8 heteroatoms. The molecule has 1 atom stereocenters. The fraction of sp³-hybridized carbons (Fsp3) is 0.417. The Morgan fingerprint density at radius 3 is 2.55 bits per heavy atom. The molecule has 0 aliphatic rings. The Hall–Kier alpha value is -0.980. The molecule has 1 rings (SSSR count). The summed E-state index contributed by atoms with van der Waals surface area (Å²) >= 11 is 11.6. The van der Waals surface area contributed by atoms with E-state index in [1.807, 2.05) is 0 Å². The van der Waals surface area contributed by atoms with E-state index in [-0.39, 0.29) is 17.2 Å². The number of carbonyl (C=O) groups excluding carboxylic acids is 1. The van der Waals surface area contributed by atoms with E-state index in [0.29, 0.717) is 5.02 Å². The summed E-state index contributed by atoms with van der Waals surface area (Å²) in [6.45, 7) is 0.270. The zero-order valence-electron chi connectivity index (χ0n) is 10.4. The van der Waals surface area contributed by atoms with Gasteiger partial charge in [-0.3, -0.25) is 5.32 Å². The maximum atomic E-state index is 12.3. The lowest BCUT2D eigenvalue weighted by Crippen LogP contribution is -2.37. The van der Waals surface area contributed by atoms with Gasteiger partial charge in [0.15, 0.2) is 0 Å². The van der Waals surface area contributed by atoms with Crippen LogP contribution < -0.4 is 5.32 Å². The van der Waals surface area contributed by atoms with Gasteiger partial charge in [-0.2, -0.15) is 13.2 Å². The Bertz CT molecular complexity index is 480. The van der Waals surface area contributed by atoms with Crippen LogP contribution in [0.15, 0.2) is 18.2 Å². The van der Waals surface area contributed by atoms with Gasteiger partial charge in [0.1, 0.15) is 6.04 Å². The molecule has 20 heavy (non-hydrogen) atoms. The molecule has 0 aromatic heterocycles. The van der Waals surface area contributed by atoms with E-state index in [2.05, 4.69) is 5.32 Å². The fourth-order valence-corrected chi connectivity index (χ4v) is 2.02. The van der Waals surface area contributed by atoms with Crippen molar-refractivity contribution in [3.05, 3.63) is 33.8 Å². The summed E-state index contributed by atoms with van der Waals surface area (Å²) in [5.74, 6) is -0.832. The summed E-state index contributed by atoms with van der Waals surface area (Å²) in [6, 6.07) is 2.86. The van der Waals surface area contributed by atoms with Crippen LogP contribution in [0.4, 0.5) is 13.2 Å². The van der Waals surface area contributed by atoms with Crippen LogP contribution in [-0.4, -0.2) is 25.3 Å². The normalized spacial score (nSPS) is 13.1. The third-order valence-electron chi connectivity index (χ3n) is 2.30. The van der Waals surface area contributed by atoms with E-state index >= 15 is 0 Å². The molecule has 1 aromatic carbocycles. The van der Waals surface area contributed by atoms with Gasteiger partial charge in [0.05, 0.1) is 13.2 Å². The Morgan fingerprint density at radius 2 is 2.05 bits per heavy atom. The molecule has 0 heterocycles. The minimum Gasteiger partial charge on any atom is -0.465 e. The average Bonchev–Trinajstić information content (AvgIpc) is 2.30. The van der Waals surface area contributed by atoms with Crippen molar-refractivity contribution in [1.82, 2.24) is 5.32 Å². The first-order valence-electron chi connectivity index (χ1n) is 5.66. The van der Waals surface area contributed by atoms with Gasteiger partial charge in [-0.05, 0) is 24.6 Å². The molecule has 1 unspecified atom stereocenters. The zero-order chi connectivity index (χ0) is 15.3. The average molecular weight is 330 g/mol. The first kappa shape index (κ1) is 17.1. The van der Waals surface area contributed by atoms with E-state index in [0.717, 1.165) is 0 Å². The van der Waals surface area contributed by atoms with Gasteiger partial charge in [-0.25, -0.2) is 4.79 Å². The summed E-state index contributed by atoms with van der Waals surface area (Å²) in [5, 5.41) is 2.50. The van der Waals surface area contributed by atoms with Crippen molar-refractivity contribution in [2.24, 2.45) is 0 Å². The standard InChI is InChI=1S/C12H12Cl2F3NO2/c1-2-20-11(19)10(18-6-12(15,16)17)8-4-3-7(13)5-9(8)14/h3-5,10,18H,2,6H2,1H3. The van der Waals surface area contributed by atoms with Crippen LogP contribution in [0.1, 0.15) is 18.5 Å². The van der Waals surface area contributed by atoms with Gasteiger partial charge in [0.25, 0.3) is 0 Å². The third kappa shape index (κ3) is 5.19. The molecule has 1 aromatic rings. The molecule has 0 amide bonds. The summed E-state index contributed by atoms with van der Waals surface area (Å²) in [4.78, 5) is 11.8. The number of benzene rings is 1. The van der Waals surface area contributed by atoms with Crippen LogP contribution in [0.5, 0.6) is 0 Å². The predicted octanol–water partition coefficient (Wildman–Crippen LogP) is 3.75. The molecule has 1 N–H and O–H groups in total. The van der Waals surface area contributed by atoms with Crippen molar-refractivity contribution in [2.45, 2.75) is 19.1 Å². The third-order valence-corrected chi connectivity index (χ3v) is 2.86. The molecule has 3 nitrogen and oxygen atoms in total. The van der Waals surface area contributed by atoms with E-state index in [1.54, 1.807) is 6.92 Å². The smallest absolute Gasteiger partial charge is 0.401 e. The van der Waals surface area contributed by atoms with Gasteiger partial charge in [0, 0.05) is 10.0 Å². The Morgan fingerprint density at radius 1 is 1.40 bits per heavy atom. The number of nitrogens with one attached hydrogen (secondary N) is 1. The number of rotatable bonds is 5. The molecule has 0 bridgehead atoms. The number of halogens is 5. The highest BCUT2D eigenvalue weighted by atomic mass is 35.5. The molecule has 112 valence electrons. The topological polar surface area (TPSA) is 38.3 Å². The Labute approximate surface area is 124 Å². The highest BCUT2D eigenvalue weighted by Gasteiger charge is 2.32. The van der Waals surface area contributed by atoms with Crippen molar-refractivity contribution < 1.29 is 22.7 Å². The van der Waals surface area contributed by atoms with Crippen LogP contribution in [0.2, 0.25) is 10.0 Å². The molecule has 0 aliphatic carbocycles. The second kappa shape index (κ2) is 7.15. The molecule has 0 aliphatic heterocycles. The maximum absolute atomic E-state index is 12.3. The highest BCUT2D eigenvalue weighted by molar-refractivity contribution is 6.35. The van der Waals surface area contributed by atoms with Gasteiger partial charge in [0.2, 0.25) is 0 Å². The molecule has 0 saturated carbocycles. The van der Waals surface area contributed by atoms with E-state index in [9.17, 15) is 18.0 Å². The molecular formula is C12H12Cl2F3NO2. The number of alkyl halides is 3. The second-order valence-corrected chi connectivity index (χ2v) is 4.69. The molecule has 0 saturated heterocycles. The lowest BCUT2D eigenvalue weighted by Gasteiger charge is -2.19.